The van der Waals surface area contributed by atoms with Crippen LogP contribution in [0.5, 0.6) is 0 Å². The van der Waals surface area contributed by atoms with Gasteiger partial charge in [0.25, 0.3) is 5.69 Å². The Balaban J connectivity index is 1.60. The molecule has 5 nitrogen and oxygen atoms in total. The summed E-state index contributed by atoms with van der Waals surface area (Å²) in [5.41, 5.74) is 0.916. The number of nitrogens with one attached hydrogen (secondary N) is 1. The van der Waals surface area contributed by atoms with Crippen LogP contribution in [0, 0.1) is 10.1 Å². The number of ether oxygens (including phenoxy) is 1. The fourth-order valence-corrected chi connectivity index (χ4v) is 2.74. The molecule has 5 heteroatoms. The smallest absolute Gasteiger partial charge is 0.273 e. The Labute approximate surface area is 125 Å². The minimum absolute atomic E-state index is 0.184. The standard InChI is InChI=1S/C16H24N2O3/c19-18(20)16-10-5-4-7-14(16)13-17-11-6-12-21-15-8-2-1-3-9-15/h4-5,7,10,15,17H,1-3,6,8-9,11-13H2. The molecule has 21 heavy (non-hydrogen) atoms. The minimum Gasteiger partial charge on any atom is -0.378 e. The maximum atomic E-state index is 10.9. The van der Waals surface area contributed by atoms with Gasteiger partial charge in [-0.05, 0) is 25.8 Å². The van der Waals surface area contributed by atoms with E-state index in [1.54, 1.807) is 18.2 Å². The first-order valence-electron chi connectivity index (χ1n) is 7.82. The van der Waals surface area contributed by atoms with Gasteiger partial charge in [-0.1, -0.05) is 37.5 Å². The Morgan fingerprint density at radius 2 is 2.00 bits per heavy atom. The second-order valence-corrected chi connectivity index (χ2v) is 5.55. The third-order valence-corrected chi connectivity index (χ3v) is 3.91. The quantitative estimate of drug-likeness (QED) is 0.453. The van der Waals surface area contributed by atoms with Gasteiger partial charge in [-0.25, -0.2) is 0 Å². The number of benzene rings is 1. The van der Waals surface area contributed by atoms with E-state index < -0.39 is 0 Å². The van der Waals surface area contributed by atoms with E-state index >= 15 is 0 Å². The molecule has 0 radical (unpaired) electrons. The largest absolute Gasteiger partial charge is 0.378 e. The highest BCUT2D eigenvalue weighted by atomic mass is 16.6. The molecule has 0 heterocycles. The number of hydrogen-bond donors (Lipinski definition) is 1. The maximum Gasteiger partial charge on any atom is 0.273 e. The Morgan fingerprint density at radius 1 is 1.24 bits per heavy atom. The summed E-state index contributed by atoms with van der Waals surface area (Å²) < 4.78 is 5.85. The lowest BCUT2D eigenvalue weighted by Gasteiger charge is -2.21. The van der Waals surface area contributed by atoms with E-state index in [1.807, 2.05) is 6.07 Å². The van der Waals surface area contributed by atoms with Gasteiger partial charge < -0.3 is 10.1 Å². The fraction of sp³-hybridized carbons (Fsp3) is 0.625. The van der Waals surface area contributed by atoms with Crippen molar-refractivity contribution in [3.05, 3.63) is 39.9 Å². The molecule has 1 aliphatic carbocycles. The first-order chi connectivity index (χ1) is 10.3. The van der Waals surface area contributed by atoms with Crippen LogP contribution in [-0.2, 0) is 11.3 Å². The summed E-state index contributed by atoms with van der Waals surface area (Å²) in [4.78, 5) is 10.6. The molecule has 0 saturated heterocycles. The van der Waals surface area contributed by atoms with E-state index in [0.29, 0.717) is 12.6 Å². The van der Waals surface area contributed by atoms with E-state index in [0.717, 1.165) is 25.1 Å². The normalized spacial score (nSPS) is 16.0. The highest BCUT2D eigenvalue weighted by Gasteiger charge is 2.13. The summed E-state index contributed by atoms with van der Waals surface area (Å²) >= 11 is 0. The van der Waals surface area contributed by atoms with Gasteiger partial charge in [0.2, 0.25) is 0 Å². The van der Waals surface area contributed by atoms with Gasteiger partial charge >= 0.3 is 0 Å². The number of rotatable bonds is 8. The van der Waals surface area contributed by atoms with Crippen molar-refractivity contribution in [2.45, 2.75) is 51.2 Å². The van der Waals surface area contributed by atoms with Crippen molar-refractivity contribution < 1.29 is 9.66 Å². The zero-order valence-corrected chi connectivity index (χ0v) is 12.4. The van der Waals surface area contributed by atoms with Gasteiger partial charge in [0.15, 0.2) is 0 Å². The minimum atomic E-state index is -0.330. The fourth-order valence-electron chi connectivity index (χ4n) is 2.74. The van der Waals surface area contributed by atoms with E-state index in [1.165, 1.54) is 32.1 Å². The van der Waals surface area contributed by atoms with Gasteiger partial charge in [-0.2, -0.15) is 0 Å². The van der Waals surface area contributed by atoms with Crippen molar-refractivity contribution in [1.82, 2.24) is 5.32 Å². The molecule has 0 aromatic heterocycles. The van der Waals surface area contributed by atoms with Gasteiger partial charge in [-0.3, -0.25) is 10.1 Å². The van der Waals surface area contributed by atoms with Crippen molar-refractivity contribution in [2.75, 3.05) is 13.2 Å². The van der Waals surface area contributed by atoms with E-state index in [9.17, 15) is 10.1 Å². The van der Waals surface area contributed by atoms with Crippen molar-refractivity contribution in [2.24, 2.45) is 0 Å². The molecule has 0 atom stereocenters. The lowest BCUT2D eigenvalue weighted by Crippen LogP contribution is -2.21. The number of hydrogen-bond acceptors (Lipinski definition) is 4. The molecule has 1 aromatic carbocycles. The lowest BCUT2D eigenvalue weighted by atomic mass is 9.98. The van der Waals surface area contributed by atoms with Crippen LogP contribution in [0.3, 0.4) is 0 Å². The molecule has 0 unspecified atom stereocenters. The molecule has 1 aromatic rings. The van der Waals surface area contributed by atoms with Crippen LogP contribution >= 0.6 is 0 Å². The third kappa shape index (κ3) is 5.44. The molecule has 2 rings (SSSR count). The molecular formula is C16H24N2O3. The summed E-state index contributed by atoms with van der Waals surface area (Å²) in [6, 6.07) is 6.86. The van der Waals surface area contributed by atoms with Gasteiger partial charge in [0, 0.05) is 24.8 Å². The Kier molecular flexibility index (Phi) is 6.63. The lowest BCUT2D eigenvalue weighted by molar-refractivity contribution is -0.385. The Hall–Kier alpha value is -1.46. The van der Waals surface area contributed by atoms with Crippen molar-refractivity contribution in [3.8, 4) is 0 Å². The summed E-state index contributed by atoms with van der Waals surface area (Å²) in [6.45, 7) is 2.12. The summed E-state index contributed by atoms with van der Waals surface area (Å²) in [5.74, 6) is 0. The summed E-state index contributed by atoms with van der Waals surface area (Å²) in [7, 11) is 0. The predicted octanol–water partition coefficient (Wildman–Crippen LogP) is 3.42. The average Bonchev–Trinajstić information content (AvgIpc) is 2.52. The predicted molar refractivity (Wildman–Crippen MR) is 82.2 cm³/mol. The molecule has 1 aliphatic rings. The molecule has 1 fully saturated rings. The molecule has 1 saturated carbocycles. The summed E-state index contributed by atoms with van der Waals surface area (Å²) in [6.07, 6.45) is 7.72. The average molecular weight is 292 g/mol. The van der Waals surface area contributed by atoms with E-state index in [4.69, 9.17) is 4.74 Å². The van der Waals surface area contributed by atoms with Crippen LogP contribution < -0.4 is 5.32 Å². The zero-order valence-electron chi connectivity index (χ0n) is 12.4. The number of para-hydroxylation sites is 1. The molecule has 1 N–H and O–H groups in total. The second-order valence-electron chi connectivity index (χ2n) is 5.55. The number of nitrogens with zero attached hydrogens (tertiary/aromatic N) is 1. The Bertz CT molecular complexity index is 445. The molecular weight excluding hydrogens is 268 g/mol. The van der Waals surface area contributed by atoms with Gasteiger partial charge in [-0.15, -0.1) is 0 Å². The SMILES string of the molecule is O=[N+]([O-])c1ccccc1CNCCCOC1CCCCC1. The number of nitro benzene ring substituents is 1. The molecule has 0 spiro atoms. The molecule has 0 bridgehead atoms. The van der Waals surface area contributed by atoms with Crippen LogP contribution in [0.4, 0.5) is 5.69 Å². The van der Waals surface area contributed by atoms with E-state index in [2.05, 4.69) is 5.32 Å². The topological polar surface area (TPSA) is 64.4 Å². The van der Waals surface area contributed by atoms with Crippen LogP contribution in [0.15, 0.2) is 24.3 Å². The zero-order chi connectivity index (χ0) is 14.9. The van der Waals surface area contributed by atoms with E-state index in [-0.39, 0.29) is 10.6 Å². The van der Waals surface area contributed by atoms with Gasteiger partial charge in [0.1, 0.15) is 0 Å². The summed E-state index contributed by atoms with van der Waals surface area (Å²) in [5, 5.41) is 14.1. The van der Waals surface area contributed by atoms with Gasteiger partial charge in [0.05, 0.1) is 11.0 Å². The Morgan fingerprint density at radius 3 is 2.76 bits per heavy atom. The first kappa shape index (κ1) is 15.9. The maximum absolute atomic E-state index is 10.9. The monoisotopic (exact) mass is 292 g/mol. The van der Waals surface area contributed by atoms with Crippen molar-refractivity contribution in [3.63, 3.8) is 0 Å². The number of nitro groups is 1. The van der Waals surface area contributed by atoms with Crippen LogP contribution in [0.1, 0.15) is 44.1 Å². The second kappa shape index (κ2) is 8.74. The molecule has 116 valence electrons. The van der Waals surface area contributed by atoms with Crippen molar-refractivity contribution >= 4 is 5.69 Å². The molecule has 0 aliphatic heterocycles. The highest BCUT2D eigenvalue weighted by molar-refractivity contribution is 5.39. The van der Waals surface area contributed by atoms with Crippen LogP contribution in [0.2, 0.25) is 0 Å². The third-order valence-electron chi connectivity index (χ3n) is 3.91. The van der Waals surface area contributed by atoms with Crippen molar-refractivity contribution in [1.29, 1.82) is 0 Å². The highest BCUT2D eigenvalue weighted by Crippen LogP contribution is 2.20. The van der Waals surface area contributed by atoms with Crippen LogP contribution in [0.25, 0.3) is 0 Å². The van der Waals surface area contributed by atoms with Crippen LogP contribution in [-0.4, -0.2) is 24.2 Å². The molecule has 0 amide bonds. The first-order valence-corrected chi connectivity index (χ1v) is 7.82.